The molecule has 0 saturated heterocycles. The Kier molecular flexibility index (Phi) is 5.05. The highest BCUT2D eigenvalue weighted by atomic mass is 19.1. The number of hydrogen-bond acceptors (Lipinski definition) is 2. The van der Waals surface area contributed by atoms with Gasteiger partial charge in [0, 0.05) is 12.1 Å². The lowest BCUT2D eigenvalue weighted by atomic mass is 9.95. The molecule has 0 bridgehead atoms. The molecule has 2 amide bonds. The number of nitrogens with zero attached hydrogens (tertiary/aromatic N) is 1. The first-order chi connectivity index (χ1) is 12.7. The van der Waals surface area contributed by atoms with Crippen molar-refractivity contribution in [3.05, 3.63) is 71.0 Å². The molecule has 5 heteroatoms. The molecule has 0 fully saturated rings. The molecule has 3 rings (SSSR count). The van der Waals surface area contributed by atoms with Crippen molar-refractivity contribution >= 4 is 11.8 Å². The van der Waals surface area contributed by atoms with E-state index in [9.17, 15) is 14.0 Å². The Morgan fingerprint density at radius 1 is 1.19 bits per heavy atom. The fourth-order valence-electron chi connectivity index (χ4n) is 3.47. The molecule has 2 atom stereocenters. The predicted molar refractivity (Wildman–Crippen MR) is 103 cm³/mol. The molecule has 0 spiro atoms. The van der Waals surface area contributed by atoms with Crippen LogP contribution in [0.2, 0.25) is 0 Å². The van der Waals surface area contributed by atoms with Crippen LogP contribution in [-0.2, 0) is 4.79 Å². The second kappa shape index (κ2) is 7.14. The zero-order chi connectivity index (χ0) is 19.8. The quantitative estimate of drug-likeness (QED) is 0.877. The van der Waals surface area contributed by atoms with Crippen LogP contribution in [0.25, 0.3) is 0 Å². The van der Waals surface area contributed by atoms with Gasteiger partial charge in [-0.3, -0.25) is 9.59 Å². The summed E-state index contributed by atoms with van der Waals surface area (Å²) in [6, 6.07) is 12.6. The van der Waals surface area contributed by atoms with E-state index < -0.39 is 11.9 Å². The van der Waals surface area contributed by atoms with Gasteiger partial charge in [-0.15, -0.1) is 0 Å². The van der Waals surface area contributed by atoms with Crippen LogP contribution >= 0.6 is 0 Å². The molecule has 0 saturated carbocycles. The van der Waals surface area contributed by atoms with Crippen LogP contribution < -0.4 is 5.32 Å². The molecule has 2 aromatic rings. The number of carbonyl (C=O) groups is 2. The third-order valence-corrected chi connectivity index (χ3v) is 4.66. The highest BCUT2D eigenvalue weighted by Crippen LogP contribution is 2.37. The minimum atomic E-state index is -0.825. The standard InChI is InChI=1S/C22H25FN2O2/c1-14(15-8-6-5-7-9-15)24-20(26)19-18-12-16(23)10-11-17(18)21(27)25(19)13-22(2,3)4/h5-12,14,19H,13H2,1-4H3,(H,24,26). The van der Waals surface area contributed by atoms with Crippen LogP contribution in [0, 0.1) is 11.2 Å². The van der Waals surface area contributed by atoms with Crippen molar-refractivity contribution in [3.8, 4) is 0 Å². The smallest absolute Gasteiger partial charge is 0.255 e. The minimum Gasteiger partial charge on any atom is -0.347 e. The van der Waals surface area contributed by atoms with Gasteiger partial charge in [0.05, 0.1) is 6.04 Å². The first-order valence-electron chi connectivity index (χ1n) is 9.13. The van der Waals surface area contributed by atoms with E-state index >= 15 is 0 Å². The predicted octanol–water partition coefficient (Wildman–Crippen LogP) is 4.25. The Bertz CT molecular complexity index is 858. The fraction of sp³-hybridized carbons (Fsp3) is 0.364. The first-order valence-corrected chi connectivity index (χ1v) is 9.13. The Morgan fingerprint density at radius 3 is 2.48 bits per heavy atom. The lowest BCUT2D eigenvalue weighted by Gasteiger charge is -2.31. The SMILES string of the molecule is CC(NC(=O)C1c2cc(F)ccc2C(=O)N1CC(C)(C)C)c1ccccc1. The normalized spacial score (nSPS) is 17.6. The highest BCUT2D eigenvalue weighted by molar-refractivity contribution is 6.04. The molecule has 1 N–H and O–H groups in total. The second-order valence-electron chi connectivity index (χ2n) is 8.27. The Balaban J connectivity index is 1.93. The maximum atomic E-state index is 13.9. The van der Waals surface area contributed by atoms with Crippen LogP contribution in [0.5, 0.6) is 0 Å². The zero-order valence-corrected chi connectivity index (χ0v) is 16.1. The molecule has 1 aliphatic heterocycles. The summed E-state index contributed by atoms with van der Waals surface area (Å²) in [7, 11) is 0. The van der Waals surface area contributed by atoms with Crippen LogP contribution in [-0.4, -0.2) is 23.3 Å². The van der Waals surface area contributed by atoms with Crippen molar-refractivity contribution in [1.82, 2.24) is 10.2 Å². The minimum absolute atomic E-state index is 0.195. The van der Waals surface area contributed by atoms with Crippen LogP contribution in [0.3, 0.4) is 0 Å². The summed E-state index contributed by atoms with van der Waals surface area (Å²) in [5.74, 6) is -0.978. The lowest BCUT2D eigenvalue weighted by Crippen LogP contribution is -2.43. The van der Waals surface area contributed by atoms with Crippen LogP contribution in [0.4, 0.5) is 4.39 Å². The van der Waals surface area contributed by atoms with Gasteiger partial charge in [0.2, 0.25) is 5.91 Å². The fourth-order valence-corrected chi connectivity index (χ4v) is 3.47. The number of hydrogen-bond donors (Lipinski definition) is 1. The van der Waals surface area contributed by atoms with E-state index in [1.807, 2.05) is 58.0 Å². The van der Waals surface area contributed by atoms with E-state index in [-0.39, 0.29) is 23.3 Å². The third-order valence-electron chi connectivity index (χ3n) is 4.66. The molecule has 142 valence electrons. The van der Waals surface area contributed by atoms with Gasteiger partial charge in [-0.25, -0.2) is 4.39 Å². The maximum absolute atomic E-state index is 13.9. The molecule has 2 aromatic carbocycles. The van der Waals surface area contributed by atoms with Gasteiger partial charge in [0.25, 0.3) is 5.91 Å². The highest BCUT2D eigenvalue weighted by Gasteiger charge is 2.42. The maximum Gasteiger partial charge on any atom is 0.255 e. The molecule has 27 heavy (non-hydrogen) atoms. The van der Waals surface area contributed by atoms with Gasteiger partial charge in [-0.2, -0.15) is 0 Å². The molecule has 0 aromatic heterocycles. The van der Waals surface area contributed by atoms with Crippen molar-refractivity contribution in [3.63, 3.8) is 0 Å². The number of fused-ring (bicyclic) bond motifs is 1. The Labute approximate surface area is 159 Å². The topological polar surface area (TPSA) is 49.4 Å². The summed E-state index contributed by atoms with van der Waals surface area (Å²) in [5.41, 5.74) is 1.60. The van der Waals surface area contributed by atoms with Crippen molar-refractivity contribution in [2.45, 2.75) is 39.8 Å². The van der Waals surface area contributed by atoms with Gasteiger partial charge in [0.15, 0.2) is 0 Å². The number of nitrogens with one attached hydrogen (secondary N) is 1. The second-order valence-corrected chi connectivity index (χ2v) is 8.27. The number of halogens is 1. The molecule has 0 aliphatic carbocycles. The summed E-state index contributed by atoms with van der Waals surface area (Å²) in [4.78, 5) is 27.6. The Morgan fingerprint density at radius 2 is 1.85 bits per heavy atom. The van der Waals surface area contributed by atoms with Crippen molar-refractivity contribution in [2.75, 3.05) is 6.54 Å². The molecule has 4 nitrogen and oxygen atoms in total. The van der Waals surface area contributed by atoms with Crippen molar-refractivity contribution < 1.29 is 14.0 Å². The molecular formula is C22H25FN2O2. The molecule has 1 heterocycles. The number of amides is 2. The number of carbonyl (C=O) groups excluding carboxylic acids is 2. The first kappa shape index (κ1) is 19.1. The van der Waals surface area contributed by atoms with Crippen LogP contribution in [0.1, 0.15) is 61.3 Å². The van der Waals surface area contributed by atoms with Crippen molar-refractivity contribution in [1.29, 1.82) is 0 Å². The van der Waals surface area contributed by atoms with Crippen molar-refractivity contribution in [2.24, 2.45) is 5.41 Å². The summed E-state index contributed by atoms with van der Waals surface area (Å²) in [6.45, 7) is 8.31. The van der Waals surface area contributed by atoms with E-state index in [4.69, 9.17) is 0 Å². The van der Waals surface area contributed by atoms with E-state index in [0.717, 1.165) is 5.56 Å². The van der Waals surface area contributed by atoms with E-state index in [1.54, 1.807) is 4.90 Å². The van der Waals surface area contributed by atoms with E-state index in [2.05, 4.69) is 5.32 Å². The van der Waals surface area contributed by atoms with E-state index in [0.29, 0.717) is 17.7 Å². The summed E-state index contributed by atoms with van der Waals surface area (Å²) >= 11 is 0. The van der Waals surface area contributed by atoms with Crippen LogP contribution in [0.15, 0.2) is 48.5 Å². The average Bonchev–Trinajstić information content (AvgIpc) is 2.85. The molecule has 1 aliphatic rings. The monoisotopic (exact) mass is 368 g/mol. The third kappa shape index (κ3) is 4.02. The average molecular weight is 368 g/mol. The lowest BCUT2D eigenvalue weighted by molar-refractivity contribution is -0.126. The zero-order valence-electron chi connectivity index (χ0n) is 16.1. The van der Waals surface area contributed by atoms with Gasteiger partial charge in [-0.05, 0) is 41.7 Å². The summed E-state index contributed by atoms with van der Waals surface area (Å²) in [5, 5.41) is 2.98. The number of benzene rings is 2. The largest absolute Gasteiger partial charge is 0.347 e. The summed E-state index contributed by atoms with van der Waals surface area (Å²) < 4.78 is 13.9. The number of rotatable bonds is 4. The Hall–Kier alpha value is -2.69. The summed E-state index contributed by atoms with van der Waals surface area (Å²) in [6.07, 6.45) is 0. The molecule has 2 unspecified atom stereocenters. The molecule has 0 radical (unpaired) electrons. The van der Waals surface area contributed by atoms with Gasteiger partial charge >= 0.3 is 0 Å². The van der Waals surface area contributed by atoms with Gasteiger partial charge < -0.3 is 10.2 Å². The van der Waals surface area contributed by atoms with E-state index in [1.165, 1.54) is 18.2 Å². The van der Waals surface area contributed by atoms with Gasteiger partial charge in [0.1, 0.15) is 11.9 Å². The molecular weight excluding hydrogens is 343 g/mol. The van der Waals surface area contributed by atoms with Gasteiger partial charge in [-0.1, -0.05) is 51.1 Å².